The molecule has 0 spiro atoms. The highest BCUT2D eigenvalue weighted by atomic mass is 16.4. The van der Waals surface area contributed by atoms with Crippen LogP contribution in [0.15, 0.2) is 12.2 Å². The molecule has 0 amide bonds. The summed E-state index contributed by atoms with van der Waals surface area (Å²) in [6, 6.07) is 0. The van der Waals surface area contributed by atoms with E-state index in [1.54, 1.807) is 6.08 Å². The molecule has 1 N–H and O–H groups in total. The highest BCUT2D eigenvalue weighted by Gasteiger charge is 2.22. The highest BCUT2D eigenvalue weighted by Crippen LogP contribution is 2.32. The summed E-state index contributed by atoms with van der Waals surface area (Å²) < 4.78 is 0. The third kappa shape index (κ3) is 4.71. The van der Waals surface area contributed by atoms with Gasteiger partial charge in [-0.2, -0.15) is 0 Å². The second-order valence-electron chi connectivity index (χ2n) is 4.24. The molecule has 0 aliphatic heterocycles. The summed E-state index contributed by atoms with van der Waals surface area (Å²) in [5.74, 6) is -0.245. The maximum atomic E-state index is 10.2. The number of carbonyl (C=O) groups is 1. The van der Waals surface area contributed by atoms with Crippen LogP contribution in [0.4, 0.5) is 0 Å². The smallest absolute Gasteiger partial charge is 0.327 e. The number of allylic oxidation sites excluding steroid dienone is 1. The summed E-state index contributed by atoms with van der Waals surface area (Å²) in [6.45, 7) is 8.71. The first kappa shape index (κ1) is 12.2. The van der Waals surface area contributed by atoms with Gasteiger partial charge in [0.25, 0.3) is 0 Å². The number of rotatable bonds is 5. The fourth-order valence-corrected chi connectivity index (χ4v) is 1.22. The van der Waals surface area contributed by atoms with Gasteiger partial charge in [-0.25, -0.2) is 4.79 Å². The van der Waals surface area contributed by atoms with E-state index in [1.165, 1.54) is 6.08 Å². The van der Waals surface area contributed by atoms with Crippen LogP contribution in [0.3, 0.4) is 0 Å². The molecule has 13 heavy (non-hydrogen) atoms. The van der Waals surface area contributed by atoms with E-state index in [9.17, 15) is 4.79 Å². The van der Waals surface area contributed by atoms with Crippen LogP contribution in [0.5, 0.6) is 0 Å². The first-order valence-electron chi connectivity index (χ1n) is 4.79. The third-order valence-electron chi connectivity index (χ3n) is 2.85. The average molecular weight is 184 g/mol. The van der Waals surface area contributed by atoms with Gasteiger partial charge in [0.1, 0.15) is 0 Å². The van der Waals surface area contributed by atoms with E-state index in [-0.39, 0.29) is 5.41 Å². The minimum Gasteiger partial charge on any atom is -0.478 e. The van der Waals surface area contributed by atoms with Gasteiger partial charge in [0.2, 0.25) is 0 Å². The van der Waals surface area contributed by atoms with E-state index in [4.69, 9.17) is 5.11 Å². The number of aliphatic carboxylic acids is 1. The van der Waals surface area contributed by atoms with E-state index in [2.05, 4.69) is 27.7 Å². The van der Waals surface area contributed by atoms with Gasteiger partial charge in [-0.3, -0.25) is 0 Å². The van der Waals surface area contributed by atoms with Crippen LogP contribution in [0.2, 0.25) is 0 Å². The molecule has 0 aliphatic carbocycles. The molecule has 0 aliphatic rings. The lowest BCUT2D eigenvalue weighted by Gasteiger charge is -2.29. The lowest BCUT2D eigenvalue weighted by Crippen LogP contribution is -2.20. The van der Waals surface area contributed by atoms with Crippen molar-refractivity contribution < 1.29 is 9.90 Å². The van der Waals surface area contributed by atoms with E-state index in [0.717, 1.165) is 12.8 Å². The Labute approximate surface area is 80.7 Å². The molecule has 1 unspecified atom stereocenters. The molecule has 0 aromatic rings. The molecule has 0 radical (unpaired) electrons. The molecule has 0 saturated carbocycles. The molecule has 2 nitrogen and oxygen atoms in total. The quantitative estimate of drug-likeness (QED) is 0.667. The Morgan fingerprint density at radius 2 is 2.08 bits per heavy atom. The molecule has 76 valence electrons. The summed E-state index contributed by atoms with van der Waals surface area (Å²) in [7, 11) is 0. The van der Waals surface area contributed by atoms with Crippen molar-refractivity contribution in [2.75, 3.05) is 0 Å². The highest BCUT2D eigenvalue weighted by molar-refractivity contribution is 5.79. The van der Waals surface area contributed by atoms with Crippen molar-refractivity contribution in [1.82, 2.24) is 0 Å². The van der Waals surface area contributed by atoms with Crippen LogP contribution in [-0.2, 0) is 4.79 Å². The molecule has 0 saturated heterocycles. The van der Waals surface area contributed by atoms with Crippen LogP contribution in [-0.4, -0.2) is 11.1 Å². The fraction of sp³-hybridized carbons (Fsp3) is 0.727. The van der Waals surface area contributed by atoms with Crippen molar-refractivity contribution in [1.29, 1.82) is 0 Å². The Morgan fingerprint density at radius 3 is 2.46 bits per heavy atom. The molecule has 1 atom stereocenters. The van der Waals surface area contributed by atoms with E-state index in [1.807, 2.05) is 0 Å². The van der Waals surface area contributed by atoms with E-state index in [0.29, 0.717) is 5.92 Å². The Bertz CT molecular complexity index is 192. The number of carboxylic acid groups (broad SMARTS) is 1. The molecule has 0 rings (SSSR count). The summed E-state index contributed by atoms with van der Waals surface area (Å²) in [5, 5.41) is 8.42. The van der Waals surface area contributed by atoms with Crippen molar-refractivity contribution in [3.63, 3.8) is 0 Å². The first-order valence-corrected chi connectivity index (χ1v) is 4.79. The van der Waals surface area contributed by atoms with Crippen molar-refractivity contribution in [2.24, 2.45) is 11.3 Å². The zero-order chi connectivity index (χ0) is 10.5. The largest absolute Gasteiger partial charge is 0.478 e. The van der Waals surface area contributed by atoms with Crippen LogP contribution in [0, 0.1) is 11.3 Å². The number of carboxylic acids is 1. The second kappa shape index (κ2) is 5.05. The van der Waals surface area contributed by atoms with Crippen molar-refractivity contribution in [3.8, 4) is 0 Å². The van der Waals surface area contributed by atoms with Gasteiger partial charge in [-0.1, -0.05) is 40.2 Å². The number of hydrogen-bond acceptors (Lipinski definition) is 1. The Kier molecular flexibility index (Phi) is 4.74. The normalized spacial score (nSPS) is 14.8. The van der Waals surface area contributed by atoms with Crippen LogP contribution in [0.25, 0.3) is 0 Å². The lowest BCUT2D eigenvalue weighted by atomic mass is 9.76. The van der Waals surface area contributed by atoms with Gasteiger partial charge < -0.3 is 5.11 Å². The third-order valence-corrected chi connectivity index (χ3v) is 2.85. The predicted molar refractivity (Wildman–Crippen MR) is 54.6 cm³/mol. The van der Waals surface area contributed by atoms with Crippen molar-refractivity contribution in [3.05, 3.63) is 12.2 Å². The van der Waals surface area contributed by atoms with Crippen molar-refractivity contribution >= 4 is 5.97 Å². The zero-order valence-corrected chi connectivity index (χ0v) is 9.00. The lowest BCUT2D eigenvalue weighted by molar-refractivity contribution is -0.131. The second-order valence-corrected chi connectivity index (χ2v) is 4.24. The molecular weight excluding hydrogens is 164 g/mol. The van der Waals surface area contributed by atoms with Gasteiger partial charge >= 0.3 is 5.97 Å². The van der Waals surface area contributed by atoms with Gasteiger partial charge in [-0.05, 0) is 17.8 Å². The maximum absolute atomic E-state index is 10.2. The van der Waals surface area contributed by atoms with Crippen LogP contribution >= 0.6 is 0 Å². The minimum atomic E-state index is -0.861. The Morgan fingerprint density at radius 1 is 1.54 bits per heavy atom. The molecule has 0 heterocycles. The maximum Gasteiger partial charge on any atom is 0.327 e. The SMILES string of the molecule is CCC(C)C(C)(C)CC=CC(=O)O. The van der Waals surface area contributed by atoms with Gasteiger partial charge in [-0.15, -0.1) is 0 Å². The molecule has 2 heteroatoms. The van der Waals surface area contributed by atoms with E-state index < -0.39 is 5.97 Å². The van der Waals surface area contributed by atoms with Gasteiger partial charge in [0.05, 0.1) is 0 Å². The van der Waals surface area contributed by atoms with Gasteiger partial charge in [0, 0.05) is 6.08 Å². The monoisotopic (exact) mass is 184 g/mol. The van der Waals surface area contributed by atoms with Crippen molar-refractivity contribution in [2.45, 2.75) is 40.5 Å². The molecule has 0 fully saturated rings. The summed E-state index contributed by atoms with van der Waals surface area (Å²) in [5.41, 5.74) is 0.195. The first-order chi connectivity index (χ1) is 5.90. The summed E-state index contributed by atoms with van der Waals surface area (Å²) in [6.07, 6.45) is 4.93. The summed E-state index contributed by atoms with van der Waals surface area (Å²) in [4.78, 5) is 10.2. The molecular formula is C11H20O2. The minimum absolute atomic E-state index is 0.195. The van der Waals surface area contributed by atoms with Crippen LogP contribution < -0.4 is 0 Å². The zero-order valence-electron chi connectivity index (χ0n) is 9.00. The summed E-state index contributed by atoms with van der Waals surface area (Å²) >= 11 is 0. The topological polar surface area (TPSA) is 37.3 Å². The average Bonchev–Trinajstić information content (AvgIpc) is 2.01. The molecule has 0 aromatic heterocycles. The standard InChI is InChI=1S/C11H20O2/c1-5-9(2)11(3,4)8-6-7-10(12)13/h6-7,9H,5,8H2,1-4H3,(H,12,13). The molecule has 0 aromatic carbocycles. The van der Waals surface area contributed by atoms with E-state index >= 15 is 0 Å². The predicted octanol–water partition coefficient (Wildman–Crippen LogP) is 3.09. The number of hydrogen-bond donors (Lipinski definition) is 1. The fourth-order valence-electron chi connectivity index (χ4n) is 1.22. The molecule has 0 bridgehead atoms. The Hall–Kier alpha value is -0.790. The Balaban J connectivity index is 4.09. The van der Waals surface area contributed by atoms with Gasteiger partial charge in [0.15, 0.2) is 0 Å². The van der Waals surface area contributed by atoms with Crippen LogP contribution in [0.1, 0.15) is 40.5 Å².